The van der Waals surface area contributed by atoms with Gasteiger partial charge in [0.1, 0.15) is 0 Å². The van der Waals surface area contributed by atoms with Crippen LogP contribution in [-0.4, -0.2) is 11.7 Å². The van der Waals surface area contributed by atoms with Gasteiger partial charge in [-0.25, -0.2) is 9.95 Å². The molecule has 0 fully saturated rings. The van der Waals surface area contributed by atoms with E-state index in [1.807, 2.05) is 18.2 Å². The van der Waals surface area contributed by atoms with E-state index in [1.165, 1.54) is 0 Å². The van der Waals surface area contributed by atoms with E-state index in [4.69, 9.17) is 21.9 Å². The van der Waals surface area contributed by atoms with Gasteiger partial charge in [0, 0.05) is 10.6 Å². The van der Waals surface area contributed by atoms with Gasteiger partial charge in [-0.3, -0.25) is 0 Å². The number of aromatic nitrogens is 1. The van der Waals surface area contributed by atoms with Crippen LogP contribution in [0.4, 0.5) is 0 Å². The number of nitrogens with one attached hydrogen (secondary N) is 1. The summed E-state index contributed by atoms with van der Waals surface area (Å²) < 4.78 is 4.76. The van der Waals surface area contributed by atoms with Crippen molar-refractivity contribution in [3.05, 3.63) is 45.3 Å². The smallest absolute Gasteiger partial charge is 0.338 e. The average molecular weight is 239 g/mol. The summed E-state index contributed by atoms with van der Waals surface area (Å²) in [5.74, 6) is 0. The lowest BCUT2D eigenvalue weighted by Gasteiger charge is -2.02. The molecule has 0 saturated heterocycles. The maximum absolute atomic E-state index is 11.4. The molecule has 5 heteroatoms. The molecule has 0 amide bonds. The number of H-pyrrole nitrogens is 1. The minimum absolute atomic E-state index is 0.389. The number of benzene rings is 1. The molecule has 0 atom stereocenters. The lowest BCUT2D eigenvalue weighted by atomic mass is 10.1. The lowest BCUT2D eigenvalue weighted by molar-refractivity contribution is 0.392. The second-order valence-corrected chi connectivity index (χ2v) is 3.77. The molecule has 84 valence electrons. The van der Waals surface area contributed by atoms with Crippen LogP contribution in [0.25, 0.3) is 11.3 Å². The van der Waals surface area contributed by atoms with E-state index in [0.29, 0.717) is 29.2 Å². The first-order chi connectivity index (χ1) is 7.74. The van der Waals surface area contributed by atoms with E-state index < -0.39 is 0 Å². The molecule has 0 aliphatic rings. The van der Waals surface area contributed by atoms with Gasteiger partial charge in [-0.2, -0.15) is 0 Å². The molecule has 2 aromatic rings. The van der Waals surface area contributed by atoms with Crippen LogP contribution < -0.4 is 11.4 Å². The Morgan fingerprint density at radius 3 is 2.81 bits per heavy atom. The molecule has 0 aliphatic carbocycles. The zero-order chi connectivity index (χ0) is 11.5. The summed E-state index contributed by atoms with van der Waals surface area (Å²) in [6, 6.07) is 7.25. The van der Waals surface area contributed by atoms with Gasteiger partial charge < -0.3 is 10.3 Å². The molecule has 3 N–H and O–H groups in total. The predicted molar refractivity (Wildman–Crippen MR) is 62.5 cm³/mol. The fourth-order valence-electron chi connectivity index (χ4n) is 1.58. The van der Waals surface area contributed by atoms with Crippen molar-refractivity contribution in [3.63, 3.8) is 0 Å². The number of hydrogen-bond acceptors (Lipinski definition) is 3. The Labute approximate surface area is 97.0 Å². The van der Waals surface area contributed by atoms with Crippen molar-refractivity contribution in [1.82, 2.24) is 5.16 Å². The molecule has 1 aromatic carbocycles. The summed E-state index contributed by atoms with van der Waals surface area (Å²) in [5, 5.41) is 3.16. The minimum Gasteiger partial charge on any atom is -0.338 e. The van der Waals surface area contributed by atoms with E-state index in [0.717, 1.165) is 5.56 Å². The van der Waals surface area contributed by atoms with Crippen molar-refractivity contribution < 1.29 is 4.52 Å². The van der Waals surface area contributed by atoms with Crippen molar-refractivity contribution in [2.75, 3.05) is 6.54 Å². The fourth-order valence-corrected chi connectivity index (χ4v) is 1.81. The minimum atomic E-state index is -0.389. The highest BCUT2D eigenvalue weighted by Crippen LogP contribution is 2.27. The lowest BCUT2D eigenvalue weighted by Crippen LogP contribution is -2.10. The monoisotopic (exact) mass is 238 g/mol. The summed E-state index contributed by atoms with van der Waals surface area (Å²) in [4.78, 5) is 11.4. The molecular weight excluding hydrogens is 228 g/mol. The van der Waals surface area contributed by atoms with Crippen LogP contribution in [0.2, 0.25) is 5.02 Å². The zero-order valence-corrected chi connectivity index (χ0v) is 9.25. The molecule has 0 aliphatic heterocycles. The quantitative estimate of drug-likeness (QED) is 0.856. The third-order valence-electron chi connectivity index (χ3n) is 2.33. The second kappa shape index (κ2) is 4.55. The van der Waals surface area contributed by atoms with E-state index >= 15 is 0 Å². The van der Waals surface area contributed by atoms with Gasteiger partial charge in [0.2, 0.25) is 0 Å². The third kappa shape index (κ3) is 1.89. The Bertz CT molecular complexity index is 545. The van der Waals surface area contributed by atoms with Crippen molar-refractivity contribution in [2.24, 2.45) is 5.73 Å². The van der Waals surface area contributed by atoms with Crippen LogP contribution in [-0.2, 0) is 6.42 Å². The molecule has 0 radical (unpaired) electrons. The fraction of sp³-hybridized carbons (Fsp3) is 0.182. The van der Waals surface area contributed by atoms with Crippen molar-refractivity contribution >= 4 is 11.6 Å². The molecule has 0 saturated carbocycles. The maximum atomic E-state index is 11.4. The topological polar surface area (TPSA) is 72.0 Å². The van der Waals surface area contributed by atoms with Gasteiger partial charge >= 0.3 is 5.63 Å². The van der Waals surface area contributed by atoms with E-state index in [2.05, 4.69) is 5.16 Å². The molecule has 0 unspecified atom stereocenters. The van der Waals surface area contributed by atoms with Gasteiger partial charge in [0.25, 0.3) is 0 Å². The molecule has 4 nitrogen and oxygen atoms in total. The maximum Gasteiger partial charge on any atom is 0.361 e. The average Bonchev–Trinajstić information content (AvgIpc) is 2.62. The van der Waals surface area contributed by atoms with Gasteiger partial charge in [-0.15, -0.1) is 0 Å². The van der Waals surface area contributed by atoms with Crippen LogP contribution in [0.15, 0.2) is 33.6 Å². The van der Waals surface area contributed by atoms with Crippen molar-refractivity contribution in [2.45, 2.75) is 6.42 Å². The first kappa shape index (κ1) is 11.0. The number of halogens is 1. The Morgan fingerprint density at radius 1 is 1.38 bits per heavy atom. The second-order valence-electron chi connectivity index (χ2n) is 3.36. The highest BCUT2D eigenvalue weighted by Gasteiger charge is 2.14. The Kier molecular flexibility index (Phi) is 3.12. The Balaban J connectivity index is 2.56. The van der Waals surface area contributed by atoms with Crippen LogP contribution in [0.5, 0.6) is 0 Å². The summed E-state index contributed by atoms with van der Waals surface area (Å²) in [6.07, 6.45) is 0.465. The summed E-state index contributed by atoms with van der Waals surface area (Å²) in [7, 11) is 0. The highest BCUT2D eigenvalue weighted by atomic mass is 35.5. The normalized spacial score (nSPS) is 10.6. The van der Waals surface area contributed by atoms with E-state index in [-0.39, 0.29) is 5.63 Å². The third-order valence-corrected chi connectivity index (χ3v) is 2.66. The molecule has 0 spiro atoms. The van der Waals surface area contributed by atoms with E-state index in [9.17, 15) is 4.79 Å². The predicted octanol–water partition coefficient (Wildman–Crippen LogP) is 1.79. The van der Waals surface area contributed by atoms with Gasteiger partial charge in [0.05, 0.1) is 11.3 Å². The SMILES string of the molecule is NCCc1c(-c2ccccc2Cl)[nH]oc1=O. The number of aromatic amines is 1. The summed E-state index contributed by atoms with van der Waals surface area (Å²) in [6.45, 7) is 0.389. The van der Waals surface area contributed by atoms with Gasteiger partial charge in [0.15, 0.2) is 0 Å². The van der Waals surface area contributed by atoms with Crippen molar-refractivity contribution in [3.8, 4) is 11.3 Å². The van der Waals surface area contributed by atoms with Crippen LogP contribution in [0.3, 0.4) is 0 Å². The van der Waals surface area contributed by atoms with Crippen LogP contribution in [0.1, 0.15) is 5.56 Å². The molecular formula is C11H11ClN2O2. The molecule has 0 bridgehead atoms. The summed E-state index contributed by atoms with van der Waals surface area (Å²) >= 11 is 6.05. The highest BCUT2D eigenvalue weighted by molar-refractivity contribution is 6.33. The van der Waals surface area contributed by atoms with Gasteiger partial charge in [-0.05, 0) is 19.0 Å². The first-order valence-electron chi connectivity index (χ1n) is 4.89. The number of nitrogens with two attached hydrogens (primary N) is 1. The zero-order valence-electron chi connectivity index (χ0n) is 8.50. The standard InChI is InChI=1S/C11H11ClN2O2/c12-9-4-2-1-3-7(9)10-8(5-6-13)11(15)16-14-10/h1-4,14H,5-6,13H2. The Hall–Kier alpha value is -1.52. The molecule has 16 heavy (non-hydrogen) atoms. The molecule has 1 aromatic heterocycles. The number of rotatable bonds is 3. The van der Waals surface area contributed by atoms with Gasteiger partial charge in [-0.1, -0.05) is 29.8 Å². The van der Waals surface area contributed by atoms with Crippen LogP contribution >= 0.6 is 11.6 Å². The molecule has 1 heterocycles. The Morgan fingerprint density at radius 2 is 2.12 bits per heavy atom. The van der Waals surface area contributed by atoms with E-state index in [1.54, 1.807) is 6.07 Å². The summed E-state index contributed by atoms with van der Waals surface area (Å²) in [5.41, 5.74) is 6.96. The molecule has 2 rings (SSSR count). The van der Waals surface area contributed by atoms with Crippen LogP contribution in [0, 0.1) is 0 Å². The first-order valence-corrected chi connectivity index (χ1v) is 5.27. The largest absolute Gasteiger partial charge is 0.361 e. The number of hydrogen-bond donors (Lipinski definition) is 2. The van der Waals surface area contributed by atoms with Crippen molar-refractivity contribution in [1.29, 1.82) is 0 Å².